The van der Waals surface area contributed by atoms with Crippen LogP contribution in [0.3, 0.4) is 0 Å². The summed E-state index contributed by atoms with van der Waals surface area (Å²) in [6, 6.07) is 19.9. The van der Waals surface area contributed by atoms with Crippen LogP contribution in [0, 0.1) is 5.82 Å². The standard InChI is InChI=1S/C25H21BrFNO4/c1-25(23(29)30,21-12-11-15(26)13-22(21)27)28(2)24(31)32-14-20-18-9-5-3-7-16(18)17-8-4-6-10-19(17)20/h3-13,20H,14H2,1-2H3,(H,29,30). The van der Waals surface area contributed by atoms with Crippen LogP contribution in [-0.2, 0) is 15.1 Å². The Kier molecular flexibility index (Phi) is 5.77. The van der Waals surface area contributed by atoms with Gasteiger partial charge in [0.05, 0.1) is 0 Å². The van der Waals surface area contributed by atoms with Crippen molar-refractivity contribution >= 4 is 28.0 Å². The SMILES string of the molecule is CN(C(=O)OCC1c2ccccc2-c2ccccc21)C(C)(C(=O)O)c1ccc(Br)cc1F. The molecule has 7 heteroatoms. The molecular weight excluding hydrogens is 477 g/mol. The highest BCUT2D eigenvalue weighted by Crippen LogP contribution is 2.44. The highest BCUT2D eigenvalue weighted by atomic mass is 79.9. The van der Waals surface area contributed by atoms with E-state index in [4.69, 9.17) is 4.74 Å². The monoisotopic (exact) mass is 497 g/mol. The van der Waals surface area contributed by atoms with Gasteiger partial charge >= 0.3 is 12.1 Å². The second-order valence-electron chi connectivity index (χ2n) is 7.86. The normalized spacial score (nSPS) is 14.2. The molecule has 0 bridgehead atoms. The summed E-state index contributed by atoms with van der Waals surface area (Å²) in [5, 5.41) is 9.91. The Morgan fingerprint density at radius 1 is 1.06 bits per heavy atom. The minimum absolute atomic E-state index is 0.0374. The first kappa shape index (κ1) is 22.0. The van der Waals surface area contributed by atoms with Crippen LogP contribution in [0.4, 0.5) is 9.18 Å². The number of halogens is 2. The van der Waals surface area contributed by atoms with Crippen LogP contribution in [0.15, 0.2) is 71.2 Å². The lowest BCUT2D eigenvalue weighted by Crippen LogP contribution is -2.51. The zero-order valence-electron chi connectivity index (χ0n) is 17.5. The van der Waals surface area contributed by atoms with Gasteiger partial charge < -0.3 is 9.84 Å². The second-order valence-corrected chi connectivity index (χ2v) is 8.78. The summed E-state index contributed by atoms with van der Waals surface area (Å²) in [7, 11) is 1.30. The van der Waals surface area contributed by atoms with Crippen molar-refractivity contribution in [2.45, 2.75) is 18.4 Å². The Balaban J connectivity index is 1.59. The van der Waals surface area contributed by atoms with E-state index in [0.29, 0.717) is 4.47 Å². The van der Waals surface area contributed by atoms with Crippen LogP contribution >= 0.6 is 15.9 Å². The van der Waals surface area contributed by atoms with Crippen molar-refractivity contribution in [3.8, 4) is 11.1 Å². The number of fused-ring (bicyclic) bond motifs is 3. The number of hydrogen-bond acceptors (Lipinski definition) is 3. The average Bonchev–Trinajstić information content (AvgIpc) is 3.10. The van der Waals surface area contributed by atoms with Crippen molar-refractivity contribution in [1.29, 1.82) is 0 Å². The van der Waals surface area contributed by atoms with Gasteiger partial charge in [-0.3, -0.25) is 4.90 Å². The number of nitrogens with zero attached hydrogens (tertiary/aromatic N) is 1. The van der Waals surface area contributed by atoms with Gasteiger partial charge in [0.15, 0.2) is 5.54 Å². The first-order valence-electron chi connectivity index (χ1n) is 10.0. The zero-order valence-corrected chi connectivity index (χ0v) is 19.1. The van der Waals surface area contributed by atoms with Gasteiger partial charge in [0.2, 0.25) is 0 Å². The van der Waals surface area contributed by atoms with Gasteiger partial charge in [-0.15, -0.1) is 0 Å². The highest BCUT2D eigenvalue weighted by Gasteiger charge is 2.45. The number of aliphatic carboxylic acids is 1. The molecule has 1 aliphatic rings. The Hall–Kier alpha value is -3.19. The highest BCUT2D eigenvalue weighted by molar-refractivity contribution is 9.10. The molecule has 0 radical (unpaired) electrons. The molecule has 0 spiro atoms. The van der Waals surface area contributed by atoms with Gasteiger partial charge in [0, 0.05) is 23.0 Å². The summed E-state index contributed by atoms with van der Waals surface area (Å²) in [6.45, 7) is 1.32. The van der Waals surface area contributed by atoms with Crippen LogP contribution in [-0.4, -0.2) is 35.7 Å². The Morgan fingerprint density at radius 2 is 1.62 bits per heavy atom. The van der Waals surface area contributed by atoms with Crippen molar-refractivity contribution < 1.29 is 23.8 Å². The smallest absolute Gasteiger partial charge is 0.410 e. The fraction of sp³-hybridized carbons (Fsp3) is 0.200. The van der Waals surface area contributed by atoms with Crippen LogP contribution < -0.4 is 0 Å². The first-order chi connectivity index (χ1) is 15.2. The van der Waals surface area contributed by atoms with Gasteiger partial charge in [0.25, 0.3) is 0 Å². The van der Waals surface area contributed by atoms with Crippen molar-refractivity contribution in [3.63, 3.8) is 0 Å². The van der Waals surface area contributed by atoms with Crippen molar-refractivity contribution in [2.75, 3.05) is 13.7 Å². The first-order valence-corrected chi connectivity index (χ1v) is 10.8. The van der Waals surface area contributed by atoms with E-state index >= 15 is 0 Å². The number of carboxylic acids is 1. The number of likely N-dealkylation sites (N-methyl/N-ethyl adjacent to an activating group) is 1. The Labute approximate surface area is 193 Å². The van der Waals surface area contributed by atoms with Crippen LogP contribution in [0.25, 0.3) is 11.1 Å². The topological polar surface area (TPSA) is 66.8 Å². The Morgan fingerprint density at radius 3 is 2.16 bits per heavy atom. The fourth-order valence-corrected chi connectivity index (χ4v) is 4.53. The molecule has 164 valence electrons. The Bertz CT molecular complexity index is 1170. The zero-order chi connectivity index (χ0) is 23.0. The third-order valence-corrected chi connectivity index (χ3v) is 6.65. The molecule has 1 atom stereocenters. The van der Waals surface area contributed by atoms with Gasteiger partial charge in [-0.2, -0.15) is 0 Å². The molecule has 0 aromatic heterocycles. The van der Waals surface area contributed by atoms with Crippen LogP contribution in [0.2, 0.25) is 0 Å². The predicted octanol–water partition coefficient (Wildman–Crippen LogP) is 5.77. The molecule has 0 fully saturated rings. The quantitative estimate of drug-likeness (QED) is 0.485. The van der Waals surface area contributed by atoms with E-state index in [1.165, 1.54) is 32.2 Å². The molecule has 32 heavy (non-hydrogen) atoms. The molecule has 1 amide bonds. The molecule has 1 N–H and O–H groups in total. The summed E-state index contributed by atoms with van der Waals surface area (Å²) in [4.78, 5) is 26.0. The molecular formula is C25H21BrFNO4. The van der Waals surface area contributed by atoms with E-state index in [1.54, 1.807) is 0 Å². The number of amides is 1. The average molecular weight is 498 g/mol. The van der Waals surface area contributed by atoms with E-state index in [-0.39, 0.29) is 18.1 Å². The molecule has 0 saturated carbocycles. The van der Waals surface area contributed by atoms with Crippen LogP contribution in [0.5, 0.6) is 0 Å². The number of carboxylic acid groups (broad SMARTS) is 1. The molecule has 0 heterocycles. The number of hydrogen-bond donors (Lipinski definition) is 1. The molecule has 4 rings (SSSR count). The van der Waals surface area contributed by atoms with Gasteiger partial charge in [0.1, 0.15) is 12.4 Å². The predicted molar refractivity (Wildman–Crippen MR) is 122 cm³/mol. The van der Waals surface area contributed by atoms with Crippen molar-refractivity contribution in [1.82, 2.24) is 4.90 Å². The summed E-state index contributed by atoms with van der Waals surface area (Å²) in [6.07, 6.45) is -0.848. The molecule has 0 saturated heterocycles. The van der Waals surface area contributed by atoms with E-state index in [9.17, 15) is 19.1 Å². The fourth-order valence-electron chi connectivity index (χ4n) is 4.20. The molecule has 3 aromatic rings. The van der Waals surface area contributed by atoms with Crippen LogP contribution in [0.1, 0.15) is 29.5 Å². The minimum Gasteiger partial charge on any atom is -0.479 e. The number of benzene rings is 3. The van der Waals surface area contributed by atoms with E-state index in [1.807, 2.05) is 48.5 Å². The van der Waals surface area contributed by atoms with Gasteiger partial charge in [-0.1, -0.05) is 70.5 Å². The van der Waals surface area contributed by atoms with Crippen molar-refractivity contribution in [3.05, 3.63) is 93.7 Å². The number of rotatable bonds is 5. The second kappa shape index (κ2) is 8.39. The number of ether oxygens (including phenoxy) is 1. The molecule has 1 unspecified atom stereocenters. The summed E-state index contributed by atoms with van der Waals surface area (Å²) >= 11 is 3.16. The van der Waals surface area contributed by atoms with Crippen molar-refractivity contribution in [2.24, 2.45) is 0 Å². The maximum Gasteiger partial charge on any atom is 0.410 e. The number of carbonyl (C=O) groups excluding carboxylic acids is 1. The third kappa shape index (κ3) is 3.56. The van der Waals surface area contributed by atoms with E-state index in [0.717, 1.165) is 27.2 Å². The lowest BCUT2D eigenvalue weighted by atomic mass is 9.90. The van der Waals surface area contributed by atoms with E-state index < -0.39 is 23.4 Å². The largest absolute Gasteiger partial charge is 0.479 e. The minimum atomic E-state index is -1.95. The lowest BCUT2D eigenvalue weighted by molar-refractivity contribution is -0.149. The summed E-state index contributed by atoms with van der Waals surface area (Å²) in [5.74, 6) is -2.27. The maximum atomic E-state index is 14.6. The summed E-state index contributed by atoms with van der Waals surface area (Å²) < 4.78 is 20.7. The van der Waals surface area contributed by atoms with Gasteiger partial charge in [-0.05, 0) is 41.3 Å². The molecule has 3 aromatic carbocycles. The maximum absolute atomic E-state index is 14.6. The van der Waals surface area contributed by atoms with Gasteiger partial charge in [-0.25, -0.2) is 14.0 Å². The molecule has 0 aliphatic heterocycles. The summed E-state index contributed by atoms with van der Waals surface area (Å²) in [5.41, 5.74) is 2.18. The molecule has 5 nitrogen and oxygen atoms in total. The van der Waals surface area contributed by atoms with E-state index in [2.05, 4.69) is 15.9 Å². The lowest BCUT2D eigenvalue weighted by Gasteiger charge is -2.35. The third-order valence-electron chi connectivity index (χ3n) is 6.15. The molecule has 1 aliphatic carbocycles. The number of carbonyl (C=O) groups is 2.